The zero-order valence-corrected chi connectivity index (χ0v) is 11.7. The second-order valence-corrected chi connectivity index (χ2v) is 5.77. The molecule has 0 radical (unpaired) electrons. The summed E-state index contributed by atoms with van der Waals surface area (Å²) < 4.78 is 1.76. The maximum Gasteiger partial charge on any atom is 0.192 e. The third-order valence-electron chi connectivity index (χ3n) is 3.99. The molecule has 0 spiro atoms. The van der Waals surface area contributed by atoms with Crippen molar-refractivity contribution in [3.63, 3.8) is 0 Å². The minimum Gasteiger partial charge on any atom is -0.369 e. The topological polar surface area (TPSA) is 46.9 Å². The van der Waals surface area contributed by atoms with E-state index < -0.39 is 5.54 Å². The fraction of sp³-hybridized carbons (Fsp3) is 0.429. The van der Waals surface area contributed by atoms with Crippen LogP contribution < -0.4 is 5.32 Å². The van der Waals surface area contributed by atoms with Gasteiger partial charge in [0, 0.05) is 23.7 Å². The van der Waals surface area contributed by atoms with E-state index in [1.165, 1.54) is 0 Å². The highest BCUT2D eigenvalue weighted by Crippen LogP contribution is 2.38. The van der Waals surface area contributed by atoms with Gasteiger partial charge in [-0.3, -0.25) is 9.48 Å². The van der Waals surface area contributed by atoms with Crippen LogP contribution in [-0.2, 0) is 10.3 Å². The average molecular weight is 278 g/mol. The number of carbonyl (C=O) groups excluding carboxylic acids is 1. The van der Waals surface area contributed by atoms with Crippen molar-refractivity contribution in [3.8, 4) is 0 Å². The average Bonchev–Trinajstić information content (AvgIpc) is 2.87. The summed E-state index contributed by atoms with van der Waals surface area (Å²) in [4.78, 5) is 12.9. The highest BCUT2D eigenvalue weighted by Gasteiger charge is 2.43. The van der Waals surface area contributed by atoms with Crippen molar-refractivity contribution in [1.82, 2.24) is 15.1 Å². The van der Waals surface area contributed by atoms with Gasteiger partial charge in [-0.15, -0.1) is 0 Å². The van der Waals surface area contributed by atoms with E-state index in [-0.39, 0.29) is 11.3 Å². The number of halogens is 1. The number of nitrogens with one attached hydrogen (secondary N) is 1. The van der Waals surface area contributed by atoms with Crippen molar-refractivity contribution in [2.24, 2.45) is 0 Å². The van der Waals surface area contributed by atoms with Crippen LogP contribution in [0, 0.1) is 0 Å². The Morgan fingerprint density at radius 3 is 3.05 bits per heavy atom. The van der Waals surface area contributed by atoms with Crippen LogP contribution in [0.1, 0.15) is 26.7 Å². The van der Waals surface area contributed by atoms with Crippen molar-refractivity contribution < 1.29 is 4.79 Å². The lowest BCUT2D eigenvalue weighted by atomic mass is 9.77. The van der Waals surface area contributed by atoms with Crippen LogP contribution >= 0.6 is 11.6 Å². The van der Waals surface area contributed by atoms with Crippen LogP contribution in [0.15, 0.2) is 41.4 Å². The Morgan fingerprint density at radius 2 is 2.37 bits per heavy atom. The molecule has 5 heteroatoms. The summed E-state index contributed by atoms with van der Waals surface area (Å²) in [5, 5.41) is 7.43. The molecular formula is C14H16ClN3O. The number of nitrogens with zero attached hydrogens (tertiary/aromatic N) is 2. The summed E-state index contributed by atoms with van der Waals surface area (Å²) in [6.45, 7) is 3.89. The standard InChI is InChI=1S/C14H16ClN3O/c1-9-8-11(15)17-10-4-5-14(2,13(19)12(9)10)18-7-3-6-16-18/h3,6-8,11,17H,4-5H2,1-2H3. The van der Waals surface area contributed by atoms with Gasteiger partial charge in [0.1, 0.15) is 11.0 Å². The van der Waals surface area contributed by atoms with E-state index in [4.69, 9.17) is 11.6 Å². The predicted octanol–water partition coefficient (Wildman–Crippen LogP) is 2.33. The van der Waals surface area contributed by atoms with E-state index in [0.29, 0.717) is 0 Å². The van der Waals surface area contributed by atoms with E-state index in [2.05, 4.69) is 10.4 Å². The number of Topliss-reactive ketones (excluding diaryl/α,β-unsaturated/α-hetero) is 1. The molecular weight excluding hydrogens is 262 g/mol. The maximum absolute atomic E-state index is 12.9. The van der Waals surface area contributed by atoms with Crippen LogP contribution in [0.3, 0.4) is 0 Å². The number of allylic oxidation sites excluding steroid dienone is 3. The van der Waals surface area contributed by atoms with Crippen molar-refractivity contribution in [1.29, 1.82) is 0 Å². The number of ketones is 1. The first-order valence-corrected chi connectivity index (χ1v) is 6.83. The molecule has 2 aliphatic rings. The van der Waals surface area contributed by atoms with Crippen LogP contribution in [0.4, 0.5) is 0 Å². The highest BCUT2D eigenvalue weighted by atomic mass is 35.5. The normalized spacial score (nSPS) is 30.8. The van der Waals surface area contributed by atoms with Gasteiger partial charge in [0.15, 0.2) is 5.78 Å². The number of hydrogen-bond donors (Lipinski definition) is 1. The summed E-state index contributed by atoms with van der Waals surface area (Å²) in [5.41, 5.74) is 1.88. The number of hydrogen-bond acceptors (Lipinski definition) is 3. The lowest BCUT2D eigenvalue weighted by Crippen LogP contribution is -2.46. The van der Waals surface area contributed by atoms with Gasteiger partial charge in [-0.1, -0.05) is 11.6 Å². The fourth-order valence-electron chi connectivity index (χ4n) is 2.86. The quantitative estimate of drug-likeness (QED) is 0.633. The number of aromatic nitrogens is 2. The van der Waals surface area contributed by atoms with Crippen molar-refractivity contribution in [2.45, 2.75) is 37.7 Å². The van der Waals surface area contributed by atoms with Crippen molar-refractivity contribution in [3.05, 3.63) is 41.4 Å². The van der Waals surface area contributed by atoms with Gasteiger partial charge in [0.2, 0.25) is 0 Å². The summed E-state index contributed by atoms with van der Waals surface area (Å²) in [7, 11) is 0. The number of carbonyl (C=O) groups is 1. The largest absolute Gasteiger partial charge is 0.369 e. The predicted molar refractivity (Wildman–Crippen MR) is 73.7 cm³/mol. The maximum atomic E-state index is 12.9. The van der Waals surface area contributed by atoms with Crippen LogP contribution in [0.5, 0.6) is 0 Å². The van der Waals surface area contributed by atoms with E-state index in [1.807, 2.05) is 32.2 Å². The van der Waals surface area contributed by atoms with Gasteiger partial charge < -0.3 is 5.32 Å². The Kier molecular flexibility index (Phi) is 2.78. The smallest absolute Gasteiger partial charge is 0.192 e. The Hall–Kier alpha value is -1.55. The van der Waals surface area contributed by atoms with Gasteiger partial charge in [-0.25, -0.2) is 0 Å². The molecule has 0 amide bonds. The number of rotatable bonds is 1. The number of alkyl halides is 1. The first-order valence-electron chi connectivity index (χ1n) is 6.40. The molecule has 2 unspecified atom stereocenters. The molecule has 1 aliphatic heterocycles. The summed E-state index contributed by atoms with van der Waals surface area (Å²) in [6, 6.07) is 1.85. The minimum absolute atomic E-state index is 0.113. The van der Waals surface area contributed by atoms with Crippen molar-refractivity contribution in [2.75, 3.05) is 0 Å². The molecule has 2 heterocycles. The SMILES string of the molecule is CC1=CC(Cl)NC2=C1C(=O)C(C)(n1cccn1)CC2. The molecule has 3 rings (SSSR count). The molecule has 0 bridgehead atoms. The van der Waals surface area contributed by atoms with E-state index in [9.17, 15) is 4.79 Å². The van der Waals surface area contributed by atoms with Gasteiger partial charge in [0.05, 0.1) is 0 Å². The molecule has 2 atom stereocenters. The van der Waals surface area contributed by atoms with E-state index in [0.717, 1.165) is 29.7 Å². The Labute approximate surface area is 117 Å². The van der Waals surface area contributed by atoms with Gasteiger partial charge >= 0.3 is 0 Å². The molecule has 1 aromatic rings. The molecule has 19 heavy (non-hydrogen) atoms. The number of dihydropyridines is 1. The van der Waals surface area contributed by atoms with Gasteiger partial charge in [-0.05, 0) is 44.4 Å². The van der Waals surface area contributed by atoms with Crippen LogP contribution in [0.2, 0.25) is 0 Å². The van der Waals surface area contributed by atoms with Gasteiger partial charge in [-0.2, -0.15) is 5.10 Å². The van der Waals surface area contributed by atoms with E-state index in [1.54, 1.807) is 10.9 Å². The van der Waals surface area contributed by atoms with Crippen LogP contribution in [0.25, 0.3) is 0 Å². The lowest BCUT2D eigenvalue weighted by molar-refractivity contribution is -0.124. The first-order chi connectivity index (χ1) is 9.02. The molecule has 0 saturated carbocycles. The zero-order chi connectivity index (χ0) is 13.6. The zero-order valence-electron chi connectivity index (χ0n) is 11.0. The third kappa shape index (κ3) is 1.82. The second kappa shape index (κ2) is 4.23. The molecule has 1 N–H and O–H groups in total. The van der Waals surface area contributed by atoms with Crippen molar-refractivity contribution >= 4 is 17.4 Å². The molecule has 1 aliphatic carbocycles. The van der Waals surface area contributed by atoms with Crippen LogP contribution in [-0.4, -0.2) is 21.1 Å². The first kappa shape index (κ1) is 12.5. The Morgan fingerprint density at radius 1 is 1.58 bits per heavy atom. The molecule has 0 aromatic carbocycles. The summed E-state index contributed by atoms with van der Waals surface area (Å²) in [5.74, 6) is 0.113. The lowest BCUT2D eigenvalue weighted by Gasteiger charge is -2.37. The molecule has 100 valence electrons. The monoisotopic (exact) mass is 277 g/mol. The molecule has 1 aromatic heterocycles. The summed E-state index contributed by atoms with van der Waals surface area (Å²) in [6.07, 6.45) is 6.98. The van der Waals surface area contributed by atoms with E-state index >= 15 is 0 Å². The third-order valence-corrected chi connectivity index (χ3v) is 4.23. The Bertz CT molecular complexity index is 588. The second-order valence-electron chi connectivity index (χ2n) is 5.30. The molecule has 0 fully saturated rings. The minimum atomic E-state index is -0.599. The highest BCUT2D eigenvalue weighted by molar-refractivity contribution is 6.22. The fourth-order valence-corrected chi connectivity index (χ4v) is 3.19. The van der Waals surface area contributed by atoms with Gasteiger partial charge in [0.25, 0.3) is 0 Å². The summed E-state index contributed by atoms with van der Waals surface area (Å²) >= 11 is 6.10. The molecule has 4 nitrogen and oxygen atoms in total. The Balaban J connectivity index is 2.05. The molecule has 0 saturated heterocycles.